The van der Waals surface area contributed by atoms with E-state index in [1.165, 1.54) is 41.5 Å². The molecule has 1 saturated heterocycles. The van der Waals surface area contributed by atoms with Crippen molar-refractivity contribution in [1.82, 2.24) is 10.2 Å². The van der Waals surface area contributed by atoms with E-state index in [0.29, 0.717) is 6.42 Å². The van der Waals surface area contributed by atoms with Crippen LogP contribution >= 0.6 is 23.2 Å². The second-order valence-electron chi connectivity index (χ2n) is 12.0. The van der Waals surface area contributed by atoms with Crippen LogP contribution in [0, 0.1) is 28.4 Å². The van der Waals surface area contributed by atoms with Gasteiger partial charge in [0.2, 0.25) is 0 Å². The Kier molecular flexibility index (Phi) is 8.97. The van der Waals surface area contributed by atoms with Gasteiger partial charge < -0.3 is 5.11 Å². The summed E-state index contributed by atoms with van der Waals surface area (Å²) in [6.45, 7) is 6.52. The predicted molar refractivity (Wildman–Crippen MR) is 164 cm³/mol. The molecule has 2 aliphatic heterocycles. The van der Waals surface area contributed by atoms with E-state index in [0.717, 1.165) is 32.1 Å². The van der Waals surface area contributed by atoms with Gasteiger partial charge in [-0.25, -0.2) is 8.78 Å². The van der Waals surface area contributed by atoms with Crippen LogP contribution in [-0.2, 0) is 16.8 Å². The molecule has 0 saturated carbocycles. The highest BCUT2D eigenvalue weighted by atomic mass is 35.5. The molecule has 0 amide bonds. The molecule has 2 heterocycles. The van der Waals surface area contributed by atoms with E-state index < -0.39 is 46.4 Å². The fourth-order valence-electron chi connectivity index (χ4n) is 6.88. The lowest BCUT2D eigenvalue weighted by Gasteiger charge is -2.40. The Hall–Kier alpha value is -3.28. The smallest absolute Gasteiger partial charge is 0.321 e. The van der Waals surface area contributed by atoms with Crippen molar-refractivity contribution in [1.29, 1.82) is 5.26 Å². The molecule has 4 atom stereocenters. The van der Waals surface area contributed by atoms with Gasteiger partial charge in [-0.3, -0.25) is 15.0 Å². The Morgan fingerprint density at radius 2 is 1.88 bits per heavy atom. The van der Waals surface area contributed by atoms with Crippen LogP contribution in [0.25, 0.3) is 0 Å². The first-order chi connectivity index (χ1) is 20.5. The Labute approximate surface area is 260 Å². The van der Waals surface area contributed by atoms with Gasteiger partial charge in [0.1, 0.15) is 23.1 Å². The molecular formula is C34H33Cl2F2N3O2. The Morgan fingerprint density at radius 1 is 1.14 bits per heavy atom. The summed E-state index contributed by atoms with van der Waals surface area (Å²) < 4.78 is 31.4. The van der Waals surface area contributed by atoms with Crippen molar-refractivity contribution in [2.75, 3.05) is 13.1 Å². The van der Waals surface area contributed by atoms with E-state index in [1.807, 2.05) is 18.2 Å². The summed E-state index contributed by atoms with van der Waals surface area (Å²) in [4.78, 5) is 15.0. The van der Waals surface area contributed by atoms with Crippen LogP contribution in [0.3, 0.4) is 0 Å². The number of nitrogens with zero attached hydrogens (tertiary/aromatic N) is 2. The molecule has 9 heteroatoms. The highest BCUT2D eigenvalue weighted by Crippen LogP contribution is 2.53. The molecule has 5 nitrogen and oxygen atoms in total. The van der Waals surface area contributed by atoms with Crippen molar-refractivity contribution in [3.8, 4) is 6.07 Å². The standard InChI is InChI=1S/C34H33Cl2F2N3O2/c1-33(2,22-13-15-41(16-14-22)19-21-7-4-3-5-8-21)18-28-34(20-39,25-12-11-23(35)17-27(25)37)29(31(40-28)32(42)43)24-9-6-10-26(36)30(24)38/h3-13,17,28-29,31,40H,14-16,18-19H2,1-2H3,(H,42,43). The molecule has 0 spiro atoms. The minimum absolute atomic E-state index is 0.0347. The van der Waals surface area contributed by atoms with E-state index in [1.54, 1.807) is 0 Å². The van der Waals surface area contributed by atoms with Gasteiger partial charge in [0.05, 0.1) is 11.1 Å². The van der Waals surface area contributed by atoms with Crippen molar-refractivity contribution in [2.45, 2.75) is 56.7 Å². The van der Waals surface area contributed by atoms with Crippen molar-refractivity contribution in [3.05, 3.63) is 117 Å². The van der Waals surface area contributed by atoms with Gasteiger partial charge in [-0.2, -0.15) is 5.26 Å². The fraction of sp³-hybridized carbons (Fsp3) is 0.353. The van der Waals surface area contributed by atoms with E-state index in [4.69, 9.17) is 23.2 Å². The van der Waals surface area contributed by atoms with Crippen LogP contribution in [-0.4, -0.2) is 41.1 Å². The maximum Gasteiger partial charge on any atom is 0.321 e. The Balaban J connectivity index is 1.55. The third kappa shape index (κ3) is 5.94. The molecule has 5 rings (SSSR count). The molecule has 43 heavy (non-hydrogen) atoms. The number of halogens is 4. The predicted octanol–water partition coefficient (Wildman–Crippen LogP) is 7.49. The molecule has 4 unspecified atom stereocenters. The summed E-state index contributed by atoms with van der Waals surface area (Å²) in [6.07, 6.45) is 3.28. The van der Waals surface area contributed by atoms with Crippen LogP contribution < -0.4 is 5.32 Å². The molecule has 224 valence electrons. The Bertz CT molecular complexity index is 1590. The van der Waals surface area contributed by atoms with Crippen LogP contribution in [0.5, 0.6) is 0 Å². The number of nitriles is 1. The summed E-state index contributed by atoms with van der Waals surface area (Å²) in [5.41, 5.74) is 0.0221. The molecule has 0 bridgehead atoms. The van der Waals surface area contributed by atoms with Crippen LogP contribution in [0.2, 0.25) is 10.0 Å². The number of carboxylic acids is 1. The largest absolute Gasteiger partial charge is 0.480 e. The second-order valence-corrected chi connectivity index (χ2v) is 12.9. The highest BCUT2D eigenvalue weighted by molar-refractivity contribution is 6.31. The van der Waals surface area contributed by atoms with Crippen LogP contribution in [0.15, 0.2) is 78.4 Å². The van der Waals surface area contributed by atoms with Crippen molar-refractivity contribution in [3.63, 3.8) is 0 Å². The first-order valence-electron chi connectivity index (χ1n) is 14.2. The SMILES string of the molecule is CC(C)(CC1NC(C(=O)O)C(c2cccc(Cl)c2F)C1(C#N)c1ccc(Cl)cc1F)C1=CCN(Cc2ccccc2)CC1. The number of carbonyl (C=O) groups is 1. The number of nitrogens with one attached hydrogen (secondary N) is 1. The average molecular weight is 625 g/mol. The van der Waals surface area contributed by atoms with E-state index in [-0.39, 0.29) is 21.2 Å². The maximum absolute atomic E-state index is 15.8. The fourth-order valence-corrected chi connectivity index (χ4v) is 7.22. The lowest BCUT2D eigenvalue weighted by atomic mass is 9.61. The molecule has 0 aliphatic carbocycles. The first-order valence-corrected chi connectivity index (χ1v) is 15.0. The molecule has 0 radical (unpaired) electrons. The lowest BCUT2D eigenvalue weighted by Crippen LogP contribution is -2.46. The van der Waals surface area contributed by atoms with Gasteiger partial charge in [-0.1, -0.05) is 97.2 Å². The third-order valence-electron chi connectivity index (χ3n) is 9.02. The number of hydrogen-bond acceptors (Lipinski definition) is 4. The van der Waals surface area contributed by atoms with Crippen molar-refractivity contribution in [2.24, 2.45) is 5.41 Å². The van der Waals surface area contributed by atoms with Gasteiger partial charge in [0.25, 0.3) is 0 Å². The van der Waals surface area contributed by atoms with E-state index >= 15 is 8.78 Å². The van der Waals surface area contributed by atoms with Crippen molar-refractivity contribution >= 4 is 29.2 Å². The zero-order chi connectivity index (χ0) is 30.9. The normalized spacial score (nSPS) is 24.4. The zero-order valence-corrected chi connectivity index (χ0v) is 25.5. The quantitative estimate of drug-likeness (QED) is 0.254. The highest BCUT2D eigenvalue weighted by Gasteiger charge is 2.61. The maximum atomic E-state index is 15.8. The van der Waals surface area contributed by atoms with Crippen LogP contribution in [0.4, 0.5) is 8.78 Å². The molecule has 1 fully saturated rings. The number of benzene rings is 3. The topological polar surface area (TPSA) is 76.4 Å². The second kappa shape index (κ2) is 12.4. The monoisotopic (exact) mass is 623 g/mol. The van der Waals surface area contributed by atoms with E-state index in [9.17, 15) is 15.2 Å². The summed E-state index contributed by atoms with van der Waals surface area (Å²) in [5.74, 6) is -4.14. The van der Waals surface area contributed by atoms with Gasteiger partial charge in [0.15, 0.2) is 0 Å². The minimum atomic E-state index is -1.80. The zero-order valence-electron chi connectivity index (χ0n) is 24.0. The van der Waals surface area contributed by atoms with Gasteiger partial charge in [-0.15, -0.1) is 0 Å². The molecule has 2 N–H and O–H groups in total. The number of rotatable bonds is 8. The number of hydrogen-bond donors (Lipinski definition) is 2. The van der Waals surface area contributed by atoms with Gasteiger partial charge >= 0.3 is 5.97 Å². The van der Waals surface area contributed by atoms with Crippen LogP contribution in [0.1, 0.15) is 49.3 Å². The molecular weight excluding hydrogens is 591 g/mol. The molecule has 3 aromatic carbocycles. The van der Waals surface area contributed by atoms with Gasteiger partial charge in [-0.05, 0) is 47.6 Å². The minimum Gasteiger partial charge on any atom is -0.480 e. The van der Waals surface area contributed by atoms with E-state index in [2.05, 4.69) is 48.3 Å². The number of carboxylic acid groups (broad SMARTS) is 1. The third-order valence-corrected chi connectivity index (χ3v) is 9.55. The summed E-state index contributed by atoms with van der Waals surface area (Å²) in [6, 6.07) is 18.6. The summed E-state index contributed by atoms with van der Waals surface area (Å²) in [7, 11) is 0. The average Bonchev–Trinajstić information content (AvgIpc) is 3.29. The molecule has 2 aliphatic rings. The van der Waals surface area contributed by atoms with Gasteiger partial charge in [0, 0.05) is 42.2 Å². The summed E-state index contributed by atoms with van der Waals surface area (Å²) >= 11 is 12.2. The van der Waals surface area contributed by atoms with Crippen molar-refractivity contribution < 1.29 is 18.7 Å². The lowest BCUT2D eigenvalue weighted by molar-refractivity contribution is -0.139. The summed E-state index contributed by atoms with van der Waals surface area (Å²) in [5, 5.41) is 24.4. The molecule has 3 aromatic rings. The number of aliphatic carboxylic acids is 1. The Morgan fingerprint density at radius 3 is 2.51 bits per heavy atom. The first kappa shape index (κ1) is 31.2. The molecule has 0 aromatic heterocycles.